The fraction of sp³-hybridized carbons (Fsp3) is 0.800. The molecule has 0 unspecified atom stereocenters. The first-order valence-corrected chi connectivity index (χ1v) is 5.16. The molecule has 0 radical (unpaired) electrons. The summed E-state index contributed by atoms with van der Waals surface area (Å²) in [6.07, 6.45) is 0. The zero-order valence-corrected chi connectivity index (χ0v) is 8.69. The number of hydrogen-bond acceptors (Lipinski definition) is 4. The van der Waals surface area contributed by atoms with Gasteiger partial charge in [0.1, 0.15) is 0 Å². The number of halogens is 3. The van der Waals surface area contributed by atoms with Crippen molar-refractivity contribution in [3.8, 4) is 0 Å². The molecular weight excluding hydrogens is 226 g/mol. The highest BCUT2D eigenvalue weighted by Gasteiger charge is 2.26. The lowest BCUT2D eigenvalue weighted by atomic mass is 10.2. The summed E-state index contributed by atoms with van der Waals surface area (Å²) in [5, 5.41) is 2.33. The van der Waals surface area contributed by atoms with Crippen LogP contribution in [0.15, 0.2) is 5.16 Å². The number of oxime groups is 1. The second kappa shape index (κ2) is 5.52. The maximum atomic E-state index is 12.6. The van der Waals surface area contributed by atoms with Crippen molar-refractivity contribution in [3.05, 3.63) is 0 Å². The van der Waals surface area contributed by atoms with E-state index in [-0.39, 0.29) is 12.5 Å². The molecule has 0 spiro atoms. The second-order valence-corrected chi connectivity index (χ2v) is 4.13. The van der Waals surface area contributed by atoms with Crippen LogP contribution in [0.1, 0.15) is 13.8 Å². The van der Waals surface area contributed by atoms with Crippen molar-refractivity contribution >= 4 is 24.9 Å². The summed E-state index contributed by atoms with van der Waals surface area (Å²) in [4.78, 5) is 0. The Morgan fingerprint density at radius 3 is 2.62 bits per heavy atom. The van der Waals surface area contributed by atoms with Gasteiger partial charge in [-0.05, 0) is 22.7 Å². The Morgan fingerprint density at radius 2 is 2.23 bits per heavy atom. The Morgan fingerprint density at radius 1 is 1.69 bits per heavy atom. The standard InChI is InChI=1S/C5H9ClF2NO3P/c1-4(2)3-11-13(8,10)12-9-5(6)7/h4H,3H2,1-2H3/b9-5-/t13-/m1/s1. The molecule has 13 heavy (non-hydrogen) atoms. The molecule has 0 bridgehead atoms. The lowest BCUT2D eigenvalue weighted by Crippen LogP contribution is -1.99. The van der Waals surface area contributed by atoms with E-state index >= 15 is 0 Å². The highest BCUT2D eigenvalue weighted by molar-refractivity contribution is 7.48. The topological polar surface area (TPSA) is 47.9 Å². The number of rotatable bonds is 5. The van der Waals surface area contributed by atoms with Crippen LogP contribution in [0.3, 0.4) is 0 Å². The van der Waals surface area contributed by atoms with Gasteiger partial charge in [0.15, 0.2) is 0 Å². The Bertz CT molecular complexity index is 232. The largest absolute Gasteiger partial charge is 0.590 e. The first kappa shape index (κ1) is 12.8. The van der Waals surface area contributed by atoms with Gasteiger partial charge in [-0.15, -0.1) is 4.20 Å². The van der Waals surface area contributed by atoms with Gasteiger partial charge in [-0.3, -0.25) is 9.15 Å². The van der Waals surface area contributed by atoms with Crippen molar-refractivity contribution in [1.82, 2.24) is 0 Å². The van der Waals surface area contributed by atoms with Crippen LogP contribution in [-0.2, 0) is 13.7 Å². The number of hydrogen-bond donors (Lipinski definition) is 0. The van der Waals surface area contributed by atoms with Gasteiger partial charge in [0, 0.05) is 0 Å². The first-order valence-electron chi connectivity index (χ1n) is 3.35. The molecule has 1 atom stereocenters. The molecule has 0 aromatic rings. The van der Waals surface area contributed by atoms with Crippen molar-refractivity contribution < 1.29 is 22.3 Å². The van der Waals surface area contributed by atoms with Gasteiger partial charge in [0.05, 0.1) is 6.61 Å². The molecule has 0 aromatic carbocycles. The lowest BCUT2D eigenvalue weighted by molar-refractivity contribution is 0.163. The van der Waals surface area contributed by atoms with Crippen LogP contribution >= 0.6 is 19.5 Å². The molecule has 0 saturated carbocycles. The summed E-state index contributed by atoms with van der Waals surface area (Å²) >= 11 is 4.56. The average Bonchev–Trinajstić information content (AvgIpc) is 1.98. The Labute approximate surface area is 79.5 Å². The van der Waals surface area contributed by atoms with Crippen LogP contribution < -0.4 is 0 Å². The minimum Gasteiger partial charge on any atom is -0.285 e. The predicted octanol–water partition coefficient (Wildman–Crippen LogP) is 3.23. The Kier molecular flexibility index (Phi) is 5.44. The lowest BCUT2D eigenvalue weighted by Gasteiger charge is -2.07. The van der Waals surface area contributed by atoms with Gasteiger partial charge in [-0.25, -0.2) is 4.57 Å². The smallest absolute Gasteiger partial charge is 0.285 e. The molecule has 8 heteroatoms. The SMILES string of the molecule is CC(C)CO[P@](=O)(F)O/N=C(\F)Cl. The quantitative estimate of drug-likeness (QED) is 0.418. The van der Waals surface area contributed by atoms with Gasteiger partial charge in [-0.1, -0.05) is 13.8 Å². The molecule has 0 aromatic heterocycles. The molecule has 78 valence electrons. The maximum Gasteiger partial charge on any atom is 0.590 e. The monoisotopic (exact) mass is 235 g/mol. The van der Waals surface area contributed by atoms with Crippen molar-refractivity contribution in [2.75, 3.05) is 6.61 Å². The fourth-order valence-electron chi connectivity index (χ4n) is 0.341. The normalized spacial score (nSPS) is 17.2. The van der Waals surface area contributed by atoms with E-state index in [1.807, 2.05) is 0 Å². The van der Waals surface area contributed by atoms with Gasteiger partial charge >= 0.3 is 13.3 Å². The van der Waals surface area contributed by atoms with E-state index in [1.165, 1.54) is 0 Å². The summed E-state index contributed by atoms with van der Waals surface area (Å²) in [5.41, 5.74) is -1.55. The van der Waals surface area contributed by atoms with E-state index in [1.54, 1.807) is 13.8 Å². The van der Waals surface area contributed by atoms with Crippen LogP contribution in [0.2, 0.25) is 0 Å². The Balaban J connectivity index is 3.95. The molecule has 0 amide bonds. The van der Waals surface area contributed by atoms with E-state index in [2.05, 4.69) is 25.9 Å². The highest BCUT2D eigenvalue weighted by Crippen LogP contribution is 2.50. The van der Waals surface area contributed by atoms with Crippen molar-refractivity contribution in [1.29, 1.82) is 0 Å². The van der Waals surface area contributed by atoms with E-state index in [9.17, 15) is 13.2 Å². The summed E-state index contributed by atoms with van der Waals surface area (Å²) < 4.78 is 42.6. The Hall–Kier alpha value is -0.190. The van der Waals surface area contributed by atoms with E-state index in [4.69, 9.17) is 0 Å². The maximum absolute atomic E-state index is 12.6. The first-order chi connectivity index (χ1) is 5.83. The molecule has 0 heterocycles. The van der Waals surface area contributed by atoms with Gasteiger partial charge in [0.25, 0.3) is 0 Å². The third-order valence-corrected chi connectivity index (χ3v) is 1.57. The molecule has 0 fully saturated rings. The summed E-state index contributed by atoms with van der Waals surface area (Å²) in [7, 11) is -4.81. The van der Waals surface area contributed by atoms with Gasteiger partial charge in [-0.2, -0.15) is 4.39 Å². The van der Waals surface area contributed by atoms with Crippen LogP contribution in [0, 0.1) is 5.92 Å². The molecule has 0 aliphatic rings. The van der Waals surface area contributed by atoms with Crippen molar-refractivity contribution in [2.24, 2.45) is 11.1 Å². The molecule has 0 saturated heterocycles. The third kappa shape index (κ3) is 8.15. The van der Waals surface area contributed by atoms with Crippen LogP contribution in [-0.4, -0.2) is 12.0 Å². The minimum atomic E-state index is -4.81. The van der Waals surface area contributed by atoms with Gasteiger partial charge in [0.2, 0.25) is 0 Å². The minimum absolute atomic E-state index is 0.0301. The molecule has 0 aliphatic carbocycles. The molecule has 0 N–H and O–H groups in total. The zero-order valence-electron chi connectivity index (χ0n) is 7.04. The molecular formula is C5H9ClF2NO3P. The van der Waals surface area contributed by atoms with E-state index in [0.29, 0.717) is 0 Å². The van der Waals surface area contributed by atoms with Crippen LogP contribution in [0.5, 0.6) is 0 Å². The van der Waals surface area contributed by atoms with Crippen LogP contribution in [0.4, 0.5) is 8.59 Å². The zero-order chi connectivity index (χ0) is 10.5. The molecule has 0 aliphatic heterocycles. The summed E-state index contributed by atoms with van der Waals surface area (Å²) in [6, 6.07) is 0. The fourth-order valence-corrected chi connectivity index (χ4v) is 1.12. The molecule has 4 nitrogen and oxygen atoms in total. The molecule has 0 rings (SSSR count). The highest BCUT2D eigenvalue weighted by atomic mass is 35.5. The van der Waals surface area contributed by atoms with Crippen molar-refractivity contribution in [3.63, 3.8) is 0 Å². The summed E-state index contributed by atoms with van der Waals surface area (Å²) in [6.45, 7) is 3.31. The van der Waals surface area contributed by atoms with E-state index < -0.39 is 13.3 Å². The van der Waals surface area contributed by atoms with E-state index in [0.717, 1.165) is 0 Å². The predicted molar refractivity (Wildman–Crippen MR) is 45.0 cm³/mol. The van der Waals surface area contributed by atoms with Crippen molar-refractivity contribution in [2.45, 2.75) is 13.8 Å². The average molecular weight is 236 g/mol. The summed E-state index contributed by atoms with van der Waals surface area (Å²) in [5.74, 6) is -0.0301. The third-order valence-electron chi connectivity index (χ3n) is 0.769. The second-order valence-electron chi connectivity index (χ2n) is 2.53. The van der Waals surface area contributed by atoms with Gasteiger partial charge < -0.3 is 0 Å². The number of nitrogens with zero attached hydrogens (tertiary/aromatic N) is 1. The van der Waals surface area contributed by atoms with Crippen LogP contribution in [0.25, 0.3) is 0 Å².